The largest absolute Gasteiger partial charge is 0.338 e. The number of aryl methyl sites for hydroxylation is 1. The molecule has 2 amide bonds. The lowest BCUT2D eigenvalue weighted by Gasteiger charge is -2.35. The summed E-state index contributed by atoms with van der Waals surface area (Å²) in [6, 6.07) is 11.3. The molecule has 1 aromatic carbocycles. The van der Waals surface area contributed by atoms with Crippen LogP contribution in [0.4, 0.5) is 0 Å². The minimum atomic E-state index is -0.213. The molecule has 30 heavy (non-hydrogen) atoms. The van der Waals surface area contributed by atoms with Gasteiger partial charge >= 0.3 is 0 Å². The van der Waals surface area contributed by atoms with Crippen LogP contribution in [-0.4, -0.2) is 46.2 Å². The van der Waals surface area contributed by atoms with E-state index in [1.54, 1.807) is 6.07 Å². The van der Waals surface area contributed by atoms with E-state index in [0.29, 0.717) is 31.1 Å². The van der Waals surface area contributed by atoms with E-state index in [0.717, 1.165) is 19.3 Å². The van der Waals surface area contributed by atoms with E-state index in [1.165, 1.54) is 23.4 Å². The number of carbonyl (C=O) groups is 2. The Morgan fingerprint density at radius 3 is 2.50 bits per heavy atom. The maximum absolute atomic E-state index is 13.2. The molecule has 6 nitrogen and oxygen atoms in total. The number of carbonyl (C=O) groups excluding carboxylic acids is 2. The number of nitrogens with zero attached hydrogens (tertiary/aromatic N) is 2. The average Bonchev–Trinajstić information content (AvgIpc) is 3.25. The van der Waals surface area contributed by atoms with Crippen LogP contribution in [0.1, 0.15) is 46.8 Å². The van der Waals surface area contributed by atoms with Crippen LogP contribution in [0.25, 0.3) is 0 Å². The molecular weight excluding hydrogens is 378 g/mol. The molecule has 0 radical (unpaired) electrons. The molecule has 3 aliphatic rings. The highest BCUT2D eigenvalue weighted by atomic mass is 16.2. The fourth-order valence-corrected chi connectivity index (χ4v) is 5.37. The van der Waals surface area contributed by atoms with Crippen molar-refractivity contribution in [3.63, 3.8) is 0 Å². The quantitative estimate of drug-likeness (QED) is 0.853. The van der Waals surface area contributed by atoms with E-state index in [4.69, 9.17) is 0 Å². The van der Waals surface area contributed by atoms with Crippen molar-refractivity contribution < 1.29 is 9.59 Å². The van der Waals surface area contributed by atoms with Crippen molar-refractivity contribution in [2.75, 3.05) is 19.6 Å². The lowest BCUT2D eigenvalue weighted by atomic mass is 9.83. The van der Waals surface area contributed by atoms with Crippen LogP contribution in [0, 0.1) is 24.7 Å². The Morgan fingerprint density at radius 1 is 1.03 bits per heavy atom. The summed E-state index contributed by atoms with van der Waals surface area (Å²) in [5, 5.41) is 0. The lowest BCUT2D eigenvalue weighted by molar-refractivity contribution is -0.139. The van der Waals surface area contributed by atoms with Crippen molar-refractivity contribution in [2.24, 2.45) is 17.8 Å². The standard InChI is InChI=1S/C24H27N3O3/c1-15-5-2-3-8-19(15)22-20-14-26(23(29)17-9-10-21(28)25-11-17)12-18(20)13-27(22)24(30)16-6-4-7-16/h2-3,5,8-11,16,18,20,22H,4,6-7,12-14H2,1H3,(H,25,28)/t18-,20-,22+/m0/s1. The van der Waals surface area contributed by atoms with Gasteiger partial charge in [-0.2, -0.15) is 0 Å². The van der Waals surface area contributed by atoms with Crippen molar-refractivity contribution in [1.29, 1.82) is 0 Å². The molecule has 3 heterocycles. The number of fused-ring (bicyclic) bond motifs is 1. The smallest absolute Gasteiger partial charge is 0.255 e. The number of hydrogen-bond acceptors (Lipinski definition) is 3. The van der Waals surface area contributed by atoms with Gasteiger partial charge in [0.15, 0.2) is 0 Å². The second-order valence-corrected chi connectivity index (χ2v) is 9.00. The molecule has 2 aromatic rings. The summed E-state index contributed by atoms with van der Waals surface area (Å²) in [7, 11) is 0. The monoisotopic (exact) mass is 405 g/mol. The molecule has 0 spiro atoms. The Bertz CT molecular complexity index is 1020. The first kappa shape index (κ1) is 19.1. The zero-order valence-electron chi connectivity index (χ0n) is 17.2. The maximum Gasteiger partial charge on any atom is 0.255 e. The topological polar surface area (TPSA) is 73.5 Å². The summed E-state index contributed by atoms with van der Waals surface area (Å²) in [6.07, 6.45) is 4.64. The molecule has 156 valence electrons. The summed E-state index contributed by atoms with van der Waals surface area (Å²) in [5.41, 5.74) is 2.69. The predicted molar refractivity (Wildman–Crippen MR) is 113 cm³/mol. The zero-order valence-corrected chi connectivity index (χ0v) is 17.2. The zero-order chi connectivity index (χ0) is 20.8. The van der Waals surface area contributed by atoms with Gasteiger partial charge in [0.25, 0.3) is 5.91 Å². The van der Waals surface area contributed by atoms with Crippen molar-refractivity contribution in [1.82, 2.24) is 14.8 Å². The fraction of sp³-hybridized carbons (Fsp3) is 0.458. The first-order valence-electron chi connectivity index (χ1n) is 10.9. The molecule has 2 saturated heterocycles. The Kier molecular flexibility index (Phi) is 4.72. The van der Waals surface area contributed by atoms with Crippen LogP contribution in [0.3, 0.4) is 0 Å². The first-order valence-corrected chi connectivity index (χ1v) is 10.9. The maximum atomic E-state index is 13.2. The van der Waals surface area contributed by atoms with Gasteiger partial charge in [-0.25, -0.2) is 0 Å². The number of aromatic amines is 1. The summed E-state index contributed by atoms with van der Waals surface area (Å²) in [4.78, 5) is 44.2. The van der Waals surface area contributed by atoms with Gasteiger partial charge in [-0.05, 0) is 37.0 Å². The van der Waals surface area contributed by atoms with Crippen molar-refractivity contribution in [3.05, 3.63) is 69.6 Å². The van der Waals surface area contributed by atoms with Gasteiger partial charge in [0.2, 0.25) is 11.5 Å². The molecule has 2 aliphatic heterocycles. The Morgan fingerprint density at radius 2 is 1.83 bits per heavy atom. The van der Waals surface area contributed by atoms with Gasteiger partial charge < -0.3 is 14.8 Å². The Labute approximate surface area is 175 Å². The summed E-state index contributed by atoms with van der Waals surface area (Å²) in [6.45, 7) is 4.11. The second kappa shape index (κ2) is 7.42. The van der Waals surface area contributed by atoms with E-state index in [9.17, 15) is 14.4 Å². The van der Waals surface area contributed by atoms with E-state index < -0.39 is 0 Å². The molecule has 1 aromatic heterocycles. The Hall–Kier alpha value is -2.89. The van der Waals surface area contributed by atoms with Gasteiger partial charge in [0.05, 0.1) is 11.6 Å². The molecule has 0 bridgehead atoms. The number of pyridine rings is 1. The van der Waals surface area contributed by atoms with Gasteiger partial charge in [-0.1, -0.05) is 30.7 Å². The van der Waals surface area contributed by atoms with Crippen molar-refractivity contribution in [2.45, 2.75) is 32.2 Å². The summed E-state index contributed by atoms with van der Waals surface area (Å²) in [5.74, 6) is 0.935. The highest BCUT2D eigenvalue weighted by molar-refractivity contribution is 5.94. The van der Waals surface area contributed by atoms with E-state index >= 15 is 0 Å². The fourth-order valence-electron chi connectivity index (χ4n) is 5.37. The minimum Gasteiger partial charge on any atom is -0.338 e. The third-order valence-electron chi connectivity index (χ3n) is 7.23. The molecular formula is C24H27N3O3. The van der Waals surface area contributed by atoms with Gasteiger partial charge in [0.1, 0.15) is 0 Å². The molecule has 3 fully saturated rings. The predicted octanol–water partition coefficient (Wildman–Crippen LogP) is 2.76. The number of rotatable bonds is 3. The van der Waals surface area contributed by atoms with E-state index in [-0.39, 0.29) is 35.3 Å². The lowest BCUT2D eigenvalue weighted by Crippen LogP contribution is -2.42. The number of benzene rings is 1. The van der Waals surface area contributed by atoms with Crippen LogP contribution >= 0.6 is 0 Å². The number of hydrogen-bond donors (Lipinski definition) is 1. The minimum absolute atomic E-state index is 0.0256. The normalized spacial score (nSPS) is 25.8. The summed E-state index contributed by atoms with van der Waals surface area (Å²) >= 11 is 0. The highest BCUT2D eigenvalue weighted by Gasteiger charge is 2.51. The number of nitrogens with one attached hydrogen (secondary N) is 1. The number of likely N-dealkylation sites (tertiary alicyclic amines) is 2. The molecule has 0 unspecified atom stereocenters. The van der Waals surface area contributed by atoms with Crippen LogP contribution < -0.4 is 5.56 Å². The molecule has 1 N–H and O–H groups in total. The van der Waals surface area contributed by atoms with E-state index in [2.05, 4.69) is 28.9 Å². The van der Waals surface area contributed by atoms with Crippen LogP contribution in [-0.2, 0) is 4.79 Å². The SMILES string of the molecule is Cc1ccccc1[C@@H]1[C@H]2CN(C(=O)c3ccc(=O)[nH]c3)C[C@H]2CN1C(=O)C1CCC1. The van der Waals surface area contributed by atoms with Gasteiger partial charge in [0, 0.05) is 49.7 Å². The highest BCUT2D eigenvalue weighted by Crippen LogP contribution is 2.47. The third kappa shape index (κ3) is 3.15. The van der Waals surface area contributed by atoms with Crippen LogP contribution in [0.2, 0.25) is 0 Å². The molecule has 3 atom stereocenters. The Balaban J connectivity index is 1.42. The third-order valence-corrected chi connectivity index (χ3v) is 7.23. The van der Waals surface area contributed by atoms with Crippen LogP contribution in [0.5, 0.6) is 0 Å². The average molecular weight is 405 g/mol. The second-order valence-electron chi connectivity index (χ2n) is 9.00. The molecule has 1 aliphatic carbocycles. The van der Waals surface area contributed by atoms with E-state index in [1.807, 2.05) is 17.0 Å². The van der Waals surface area contributed by atoms with Crippen molar-refractivity contribution >= 4 is 11.8 Å². The molecule has 1 saturated carbocycles. The summed E-state index contributed by atoms with van der Waals surface area (Å²) < 4.78 is 0. The van der Waals surface area contributed by atoms with Gasteiger partial charge in [-0.15, -0.1) is 0 Å². The number of amides is 2. The first-order chi connectivity index (χ1) is 14.5. The van der Waals surface area contributed by atoms with Gasteiger partial charge in [-0.3, -0.25) is 14.4 Å². The molecule has 6 heteroatoms. The number of aromatic nitrogens is 1. The van der Waals surface area contributed by atoms with Crippen LogP contribution in [0.15, 0.2) is 47.4 Å². The van der Waals surface area contributed by atoms with Crippen molar-refractivity contribution in [3.8, 4) is 0 Å². The molecule has 5 rings (SSSR count). The number of H-pyrrole nitrogens is 1.